The van der Waals surface area contributed by atoms with Crippen LogP contribution in [0.25, 0.3) is 10.6 Å². The smallest absolute Gasteiger partial charge is 0.387 e. The summed E-state index contributed by atoms with van der Waals surface area (Å²) in [6.45, 7) is -1.29. The number of anilines is 1. The first kappa shape index (κ1) is 20.5. The summed E-state index contributed by atoms with van der Waals surface area (Å²) < 4.78 is 40.1. The number of alkyl halides is 2. The highest BCUT2D eigenvalue weighted by molar-refractivity contribution is 7.17. The van der Waals surface area contributed by atoms with Crippen LogP contribution in [0.15, 0.2) is 42.5 Å². The van der Waals surface area contributed by atoms with Gasteiger partial charge in [0.2, 0.25) is 0 Å². The summed E-state index contributed by atoms with van der Waals surface area (Å²) in [7, 11) is 3.08. The minimum atomic E-state index is -2.99. The first-order valence-corrected chi connectivity index (χ1v) is 9.29. The Bertz CT molecular complexity index is 1020. The van der Waals surface area contributed by atoms with Crippen molar-refractivity contribution in [3.63, 3.8) is 0 Å². The molecule has 6 nitrogen and oxygen atoms in total. The number of halogens is 2. The molecule has 0 aliphatic rings. The van der Waals surface area contributed by atoms with Crippen LogP contribution in [0.3, 0.4) is 0 Å². The SMILES string of the molecule is COc1ccc(-c2nc(C)c(C(=O)Nc3ccccc3OC(F)F)s2)cc1OC. The number of para-hydroxylation sites is 2. The summed E-state index contributed by atoms with van der Waals surface area (Å²) >= 11 is 1.18. The zero-order valence-corrected chi connectivity index (χ0v) is 16.7. The van der Waals surface area contributed by atoms with Gasteiger partial charge in [0.05, 0.1) is 25.6 Å². The monoisotopic (exact) mass is 420 g/mol. The molecule has 0 bridgehead atoms. The standard InChI is InChI=1S/C20H18F2N2O4S/c1-11-17(18(25)24-13-6-4-5-7-14(13)28-20(21)22)29-19(23-11)12-8-9-15(26-2)16(10-12)27-3/h4-10,20H,1-3H3,(H,24,25). The molecule has 1 heterocycles. The molecule has 0 fully saturated rings. The largest absolute Gasteiger partial charge is 0.493 e. The maximum atomic E-state index is 12.7. The van der Waals surface area contributed by atoms with Gasteiger partial charge in [0.25, 0.3) is 5.91 Å². The fourth-order valence-electron chi connectivity index (χ4n) is 2.65. The zero-order valence-electron chi connectivity index (χ0n) is 15.9. The van der Waals surface area contributed by atoms with E-state index in [0.717, 1.165) is 5.56 Å². The predicted octanol–water partition coefficient (Wildman–Crippen LogP) is 4.99. The quantitative estimate of drug-likeness (QED) is 0.583. The third-order valence-electron chi connectivity index (χ3n) is 3.98. The number of hydrogen-bond acceptors (Lipinski definition) is 6. The fourth-order valence-corrected chi connectivity index (χ4v) is 3.61. The van der Waals surface area contributed by atoms with E-state index in [2.05, 4.69) is 15.0 Å². The first-order valence-electron chi connectivity index (χ1n) is 8.48. The van der Waals surface area contributed by atoms with Crippen LogP contribution in [-0.4, -0.2) is 31.7 Å². The summed E-state index contributed by atoms with van der Waals surface area (Å²) in [5.74, 6) is 0.551. The van der Waals surface area contributed by atoms with Crippen LogP contribution in [0.5, 0.6) is 17.2 Å². The molecule has 0 radical (unpaired) electrons. The van der Waals surface area contributed by atoms with E-state index in [1.165, 1.54) is 30.6 Å². The average Bonchev–Trinajstić information content (AvgIpc) is 3.10. The van der Waals surface area contributed by atoms with Crippen LogP contribution in [0.1, 0.15) is 15.4 Å². The predicted molar refractivity (Wildman–Crippen MR) is 106 cm³/mol. The second-order valence-corrected chi connectivity index (χ2v) is 6.83. The van der Waals surface area contributed by atoms with Crippen molar-refractivity contribution in [1.29, 1.82) is 0 Å². The number of benzene rings is 2. The number of amides is 1. The lowest BCUT2D eigenvalue weighted by Crippen LogP contribution is -2.13. The molecule has 0 aliphatic heterocycles. The van der Waals surface area contributed by atoms with Gasteiger partial charge in [-0.2, -0.15) is 8.78 Å². The first-order chi connectivity index (χ1) is 13.9. The van der Waals surface area contributed by atoms with E-state index in [1.54, 1.807) is 38.3 Å². The second-order valence-electron chi connectivity index (χ2n) is 5.83. The number of aryl methyl sites for hydroxylation is 1. The van der Waals surface area contributed by atoms with Crippen LogP contribution < -0.4 is 19.5 Å². The number of methoxy groups -OCH3 is 2. The highest BCUT2D eigenvalue weighted by Crippen LogP contribution is 2.35. The zero-order chi connectivity index (χ0) is 21.0. The van der Waals surface area contributed by atoms with Crippen molar-refractivity contribution in [3.05, 3.63) is 53.0 Å². The van der Waals surface area contributed by atoms with Crippen molar-refractivity contribution in [2.24, 2.45) is 0 Å². The molecule has 0 unspecified atom stereocenters. The number of ether oxygens (including phenoxy) is 3. The molecule has 1 aromatic heterocycles. The molecule has 2 aromatic carbocycles. The third kappa shape index (κ3) is 4.62. The number of aromatic nitrogens is 1. The summed E-state index contributed by atoms with van der Waals surface area (Å²) in [4.78, 5) is 17.5. The molecule has 9 heteroatoms. The van der Waals surface area contributed by atoms with E-state index in [1.807, 2.05) is 6.07 Å². The Hall–Kier alpha value is -3.20. The lowest BCUT2D eigenvalue weighted by atomic mass is 10.2. The summed E-state index contributed by atoms with van der Waals surface area (Å²) in [5.41, 5.74) is 1.43. The average molecular weight is 420 g/mol. The number of carbonyl (C=O) groups excluding carboxylic acids is 1. The lowest BCUT2D eigenvalue weighted by molar-refractivity contribution is -0.0493. The molecule has 152 valence electrons. The van der Waals surface area contributed by atoms with Crippen molar-refractivity contribution >= 4 is 22.9 Å². The second kappa shape index (κ2) is 8.87. The molecule has 0 atom stereocenters. The normalized spacial score (nSPS) is 10.7. The van der Waals surface area contributed by atoms with E-state index in [0.29, 0.717) is 27.1 Å². The van der Waals surface area contributed by atoms with E-state index < -0.39 is 12.5 Å². The van der Waals surface area contributed by atoms with Crippen LogP contribution in [-0.2, 0) is 0 Å². The van der Waals surface area contributed by atoms with Gasteiger partial charge >= 0.3 is 6.61 Å². The Morgan fingerprint density at radius 2 is 1.79 bits per heavy atom. The van der Waals surface area contributed by atoms with Crippen molar-refractivity contribution in [2.75, 3.05) is 19.5 Å². The number of nitrogens with zero attached hydrogens (tertiary/aromatic N) is 1. The minimum absolute atomic E-state index is 0.113. The lowest BCUT2D eigenvalue weighted by Gasteiger charge is -2.11. The van der Waals surface area contributed by atoms with Gasteiger partial charge in [-0.05, 0) is 37.3 Å². The van der Waals surface area contributed by atoms with Gasteiger partial charge in [0.1, 0.15) is 15.6 Å². The fraction of sp³-hybridized carbons (Fsp3) is 0.200. The number of hydrogen-bond donors (Lipinski definition) is 1. The van der Waals surface area contributed by atoms with Gasteiger partial charge in [-0.15, -0.1) is 11.3 Å². The van der Waals surface area contributed by atoms with Crippen LogP contribution >= 0.6 is 11.3 Å². The molecule has 1 amide bonds. The maximum Gasteiger partial charge on any atom is 0.387 e. The number of carbonyl (C=O) groups is 1. The van der Waals surface area contributed by atoms with Crippen molar-refractivity contribution in [2.45, 2.75) is 13.5 Å². The van der Waals surface area contributed by atoms with E-state index in [4.69, 9.17) is 9.47 Å². The van der Waals surface area contributed by atoms with Crippen LogP contribution in [0.2, 0.25) is 0 Å². The molecule has 0 spiro atoms. The molecular formula is C20H18F2N2O4S. The third-order valence-corrected chi connectivity index (χ3v) is 5.19. The summed E-state index contributed by atoms with van der Waals surface area (Å²) in [5, 5.41) is 3.22. The summed E-state index contributed by atoms with van der Waals surface area (Å²) in [6.07, 6.45) is 0. The molecule has 3 aromatic rings. The minimum Gasteiger partial charge on any atom is -0.493 e. The van der Waals surface area contributed by atoms with Gasteiger partial charge in [-0.25, -0.2) is 4.98 Å². The topological polar surface area (TPSA) is 69.7 Å². The van der Waals surface area contributed by atoms with Gasteiger partial charge in [0, 0.05) is 5.56 Å². The molecule has 0 saturated heterocycles. The Morgan fingerprint density at radius 3 is 2.48 bits per heavy atom. The molecule has 0 aliphatic carbocycles. The van der Waals surface area contributed by atoms with Crippen molar-refractivity contribution < 1.29 is 27.8 Å². The number of rotatable bonds is 7. The van der Waals surface area contributed by atoms with E-state index in [-0.39, 0.29) is 11.4 Å². The van der Waals surface area contributed by atoms with Gasteiger partial charge < -0.3 is 19.5 Å². The highest BCUT2D eigenvalue weighted by atomic mass is 32.1. The van der Waals surface area contributed by atoms with Crippen molar-refractivity contribution in [3.8, 4) is 27.8 Å². The maximum absolute atomic E-state index is 12.7. The number of nitrogens with one attached hydrogen (secondary N) is 1. The Morgan fingerprint density at radius 1 is 1.07 bits per heavy atom. The van der Waals surface area contributed by atoms with Crippen LogP contribution in [0, 0.1) is 6.92 Å². The van der Waals surface area contributed by atoms with E-state index >= 15 is 0 Å². The Kier molecular flexibility index (Phi) is 6.28. The Balaban J connectivity index is 1.87. The molecular weight excluding hydrogens is 402 g/mol. The van der Waals surface area contributed by atoms with E-state index in [9.17, 15) is 13.6 Å². The number of thiazole rings is 1. The Labute approximate surface area is 170 Å². The van der Waals surface area contributed by atoms with Crippen LogP contribution in [0.4, 0.5) is 14.5 Å². The molecule has 1 N–H and O–H groups in total. The highest BCUT2D eigenvalue weighted by Gasteiger charge is 2.19. The van der Waals surface area contributed by atoms with Gasteiger partial charge in [-0.3, -0.25) is 4.79 Å². The van der Waals surface area contributed by atoms with Crippen molar-refractivity contribution in [1.82, 2.24) is 4.98 Å². The van der Waals surface area contributed by atoms with Gasteiger partial charge in [0.15, 0.2) is 11.5 Å². The molecule has 0 saturated carbocycles. The van der Waals surface area contributed by atoms with Gasteiger partial charge in [-0.1, -0.05) is 12.1 Å². The molecule has 29 heavy (non-hydrogen) atoms. The molecule has 3 rings (SSSR count). The summed E-state index contributed by atoms with van der Waals surface area (Å²) in [6, 6.07) is 11.3.